The molecule has 4 rings (SSSR count). The number of para-hydroxylation sites is 1. The first kappa shape index (κ1) is 19.4. The minimum atomic E-state index is -0.530. The molecule has 2 aromatic carbocycles. The maximum atomic E-state index is 13.4. The molecule has 2 aromatic rings. The normalized spacial score (nSPS) is 21.7. The van der Waals surface area contributed by atoms with Crippen LogP contribution in [0, 0.1) is 13.8 Å². The third-order valence-corrected chi connectivity index (χ3v) is 6.16. The second-order valence-corrected chi connectivity index (χ2v) is 8.01. The molecular formula is C24H26N2O3. The van der Waals surface area contributed by atoms with Crippen LogP contribution in [0.1, 0.15) is 47.2 Å². The number of Topliss-reactive ketones (excluding diaryl/α,β-unsaturated/α-hetero) is 1. The Labute approximate surface area is 171 Å². The molecule has 150 valence electrons. The van der Waals surface area contributed by atoms with Crippen LogP contribution in [0.25, 0.3) is 0 Å². The number of nitrogens with zero attached hydrogens (tertiary/aromatic N) is 2. The number of amides is 2. The van der Waals surface area contributed by atoms with Gasteiger partial charge in [-0.1, -0.05) is 30.3 Å². The number of anilines is 1. The van der Waals surface area contributed by atoms with E-state index < -0.39 is 12.1 Å². The molecule has 0 spiro atoms. The Bertz CT molecular complexity index is 954. The van der Waals surface area contributed by atoms with Crippen LogP contribution in [0.5, 0.6) is 0 Å². The van der Waals surface area contributed by atoms with Gasteiger partial charge >= 0.3 is 0 Å². The van der Waals surface area contributed by atoms with Gasteiger partial charge < -0.3 is 4.90 Å². The number of likely N-dealkylation sites (tertiary alicyclic amines) is 1. The third kappa shape index (κ3) is 3.57. The van der Waals surface area contributed by atoms with Crippen LogP contribution in [0.15, 0.2) is 48.5 Å². The van der Waals surface area contributed by atoms with Gasteiger partial charge in [0.05, 0.1) is 6.04 Å². The van der Waals surface area contributed by atoms with Gasteiger partial charge in [-0.25, -0.2) is 0 Å². The van der Waals surface area contributed by atoms with E-state index in [1.807, 2.05) is 62.4 Å². The molecule has 29 heavy (non-hydrogen) atoms. The standard InChI is InChI=1S/C24H26N2O3/c1-16-10-11-18(15-17(16)2)23(28)20-9-6-14-25(20)24(29)21-12-13-22(27)26(21)19-7-4-3-5-8-19/h3-5,7-8,10-11,15,20-21H,6,9,12-14H2,1-2H3. The molecule has 0 radical (unpaired) electrons. The van der Waals surface area contributed by atoms with Gasteiger partial charge in [-0.15, -0.1) is 0 Å². The molecule has 2 saturated heterocycles. The van der Waals surface area contributed by atoms with Crippen molar-refractivity contribution in [2.24, 2.45) is 0 Å². The fraction of sp³-hybridized carbons (Fsp3) is 0.375. The SMILES string of the molecule is Cc1ccc(C(=O)C2CCCN2C(=O)C2CCC(=O)N2c2ccccc2)cc1C. The van der Waals surface area contributed by atoms with Crippen molar-refractivity contribution in [3.8, 4) is 0 Å². The molecule has 0 saturated carbocycles. The van der Waals surface area contributed by atoms with Gasteiger partial charge in [-0.3, -0.25) is 19.3 Å². The lowest BCUT2D eigenvalue weighted by Crippen LogP contribution is -2.50. The molecule has 2 fully saturated rings. The van der Waals surface area contributed by atoms with Crippen LogP contribution in [-0.4, -0.2) is 41.1 Å². The zero-order chi connectivity index (χ0) is 20.5. The summed E-state index contributed by atoms with van der Waals surface area (Å²) in [5, 5.41) is 0. The predicted molar refractivity (Wildman–Crippen MR) is 112 cm³/mol. The Morgan fingerprint density at radius 2 is 1.69 bits per heavy atom. The Hall–Kier alpha value is -2.95. The van der Waals surface area contributed by atoms with Crippen molar-refractivity contribution >= 4 is 23.3 Å². The summed E-state index contributed by atoms with van der Waals surface area (Å²) < 4.78 is 0. The Morgan fingerprint density at radius 1 is 0.931 bits per heavy atom. The highest BCUT2D eigenvalue weighted by Gasteiger charge is 2.43. The maximum absolute atomic E-state index is 13.4. The van der Waals surface area contributed by atoms with Crippen molar-refractivity contribution < 1.29 is 14.4 Å². The summed E-state index contributed by atoms with van der Waals surface area (Å²) in [7, 11) is 0. The van der Waals surface area contributed by atoms with Gasteiger partial charge in [-0.05, 0) is 62.4 Å². The number of ketones is 1. The lowest BCUT2D eigenvalue weighted by atomic mass is 9.98. The van der Waals surface area contributed by atoms with E-state index in [1.165, 1.54) is 0 Å². The molecule has 2 heterocycles. The quantitative estimate of drug-likeness (QED) is 0.749. The minimum Gasteiger partial charge on any atom is -0.330 e. The summed E-state index contributed by atoms with van der Waals surface area (Å²) in [4.78, 5) is 42.4. The second-order valence-electron chi connectivity index (χ2n) is 8.01. The molecule has 2 aliphatic heterocycles. The van der Waals surface area contributed by atoms with E-state index in [1.54, 1.807) is 9.80 Å². The number of hydrogen-bond acceptors (Lipinski definition) is 3. The topological polar surface area (TPSA) is 57.7 Å². The van der Waals surface area contributed by atoms with E-state index in [4.69, 9.17) is 0 Å². The molecule has 0 aromatic heterocycles. The molecule has 2 atom stereocenters. The summed E-state index contributed by atoms with van der Waals surface area (Å²) in [5.74, 6) is -0.153. The summed E-state index contributed by atoms with van der Waals surface area (Å²) >= 11 is 0. The fourth-order valence-corrected chi connectivity index (χ4v) is 4.41. The van der Waals surface area contributed by atoms with Crippen molar-refractivity contribution in [2.45, 2.75) is 51.6 Å². The van der Waals surface area contributed by atoms with Crippen LogP contribution in [0.2, 0.25) is 0 Å². The predicted octanol–water partition coefficient (Wildman–Crippen LogP) is 3.67. The van der Waals surface area contributed by atoms with Gasteiger partial charge in [0.2, 0.25) is 11.8 Å². The van der Waals surface area contributed by atoms with Gasteiger partial charge in [0.1, 0.15) is 6.04 Å². The fourth-order valence-electron chi connectivity index (χ4n) is 4.41. The number of benzene rings is 2. The van der Waals surface area contributed by atoms with Gasteiger partial charge in [-0.2, -0.15) is 0 Å². The number of hydrogen-bond donors (Lipinski definition) is 0. The molecule has 2 amide bonds. The van der Waals surface area contributed by atoms with E-state index in [0.29, 0.717) is 31.4 Å². The highest BCUT2D eigenvalue weighted by molar-refractivity contribution is 6.06. The van der Waals surface area contributed by atoms with Crippen molar-refractivity contribution in [1.29, 1.82) is 0 Å². The van der Waals surface area contributed by atoms with E-state index in [9.17, 15) is 14.4 Å². The summed E-state index contributed by atoms with van der Waals surface area (Å²) in [5.41, 5.74) is 3.61. The molecule has 0 bridgehead atoms. The van der Waals surface area contributed by atoms with Gasteiger partial charge in [0, 0.05) is 24.2 Å². The summed E-state index contributed by atoms with van der Waals surface area (Å²) in [6.45, 7) is 4.57. The monoisotopic (exact) mass is 390 g/mol. The highest BCUT2D eigenvalue weighted by atomic mass is 16.2. The van der Waals surface area contributed by atoms with Gasteiger partial charge in [0.15, 0.2) is 5.78 Å². The van der Waals surface area contributed by atoms with E-state index in [-0.39, 0.29) is 17.6 Å². The first-order valence-corrected chi connectivity index (χ1v) is 10.3. The lowest BCUT2D eigenvalue weighted by molar-refractivity contribution is -0.133. The Kier molecular flexibility index (Phi) is 5.22. The van der Waals surface area contributed by atoms with Crippen LogP contribution in [0.4, 0.5) is 5.69 Å². The van der Waals surface area contributed by atoms with E-state index in [2.05, 4.69) is 0 Å². The minimum absolute atomic E-state index is 0.00506. The number of rotatable bonds is 4. The van der Waals surface area contributed by atoms with Gasteiger partial charge in [0.25, 0.3) is 0 Å². The molecule has 2 aliphatic rings. The van der Waals surface area contributed by atoms with Crippen LogP contribution in [-0.2, 0) is 9.59 Å². The molecular weight excluding hydrogens is 364 g/mol. The molecule has 2 unspecified atom stereocenters. The average Bonchev–Trinajstić information content (AvgIpc) is 3.36. The van der Waals surface area contributed by atoms with Crippen LogP contribution in [0.3, 0.4) is 0 Å². The number of aryl methyl sites for hydroxylation is 2. The summed E-state index contributed by atoms with van der Waals surface area (Å²) in [6, 6.07) is 14.1. The average molecular weight is 390 g/mol. The second kappa shape index (κ2) is 7.82. The Morgan fingerprint density at radius 3 is 2.41 bits per heavy atom. The van der Waals surface area contributed by atoms with Crippen molar-refractivity contribution in [3.05, 3.63) is 65.2 Å². The van der Waals surface area contributed by atoms with Crippen molar-refractivity contribution in [2.75, 3.05) is 11.4 Å². The Balaban J connectivity index is 1.58. The first-order chi connectivity index (χ1) is 14.0. The first-order valence-electron chi connectivity index (χ1n) is 10.3. The number of carbonyl (C=O) groups excluding carboxylic acids is 3. The van der Waals surface area contributed by atoms with Crippen LogP contribution < -0.4 is 4.90 Å². The largest absolute Gasteiger partial charge is 0.330 e. The zero-order valence-electron chi connectivity index (χ0n) is 16.9. The van der Waals surface area contributed by atoms with Crippen molar-refractivity contribution in [1.82, 2.24) is 4.90 Å². The third-order valence-electron chi connectivity index (χ3n) is 6.16. The van der Waals surface area contributed by atoms with Crippen molar-refractivity contribution in [3.63, 3.8) is 0 Å². The zero-order valence-corrected chi connectivity index (χ0v) is 16.9. The van der Waals surface area contributed by atoms with Crippen LogP contribution >= 0.6 is 0 Å². The summed E-state index contributed by atoms with van der Waals surface area (Å²) in [6.07, 6.45) is 2.32. The lowest BCUT2D eigenvalue weighted by Gasteiger charge is -2.31. The highest BCUT2D eigenvalue weighted by Crippen LogP contribution is 2.31. The van der Waals surface area contributed by atoms with E-state index >= 15 is 0 Å². The smallest absolute Gasteiger partial charge is 0.246 e. The van der Waals surface area contributed by atoms with E-state index in [0.717, 1.165) is 23.2 Å². The molecule has 5 nitrogen and oxygen atoms in total. The maximum Gasteiger partial charge on any atom is 0.246 e. The molecule has 0 aliphatic carbocycles. The molecule has 0 N–H and O–H groups in total. The number of carbonyl (C=O) groups is 3. The molecule has 5 heteroatoms.